The summed E-state index contributed by atoms with van der Waals surface area (Å²) < 4.78 is 46.9. The van der Waals surface area contributed by atoms with Crippen LogP contribution in [0, 0.1) is 11.8 Å². The molecule has 3 fully saturated rings. The van der Waals surface area contributed by atoms with Gasteiger partial charge in [0.25, 0.3) is 10.1 Å². The van der Waals surface area contributed by atoms with Crippen molar-refractivity contribution in [3.63, 3.8) is 0 Å². The van der Waals surface area contributed by atoms with Crippen molar-refractivity contribution < 1.29 is 26.5 Å². The molecule has 3 rings (SSSR count). The quantitative estimate of drug-likeness (QED) is 0.551. The van der Waals surface area contributed by atoms with E-state index in [0.717, 1.165) is 13.8 Å². The van der Waals surface area contributed by atoms with E-state index < -0.39 is 39.2 Å². The molecular formula is C11H15FO5S. The van der Waals surface area contributed by atoms with Crippen LogP contribution in [0.15, 0.2) is 0 Å². The Morgan fingerprint density at radius 1 is 1.39 bits per heavy atom. The first-order valence-corrected chi connectivity index (χ1v) is 7.49. The Morgan fingerprint density at radius 2 is 2.06 bits per heavy atom. The van der Waals surface area contributed by atoms with Gasteiger partial charge in [-0.1, -0.05) is 0 Å². The van der Waals surface area contributed by atoms with Gasteiger partial charge in [-0.3, -0.25) is 4.18 Å². The molecule has 1 heterocycles. The molecule has 5 nitrogen and oxygen atoms in total. The lowest BCUT2D eigenvalue weighted by atomic mass is 9.94. The lowest BCUT2D eigenvalue weighted by Crippen LogP contribution is -2.41. The van der Waals surface area contributed by atoms with E-state index in [2.05, 4.69) is 0 Å². The highest BCUT2D eigenvalue weighted by molar-refractivity contribution is 7.87. The SMILES string of the molecule is CC(C)(F)C(=O)OC1C2CC3C1OS(=O)(=O)C3C2. The third-order valence-corrected chi connectivity index (χ3v) is 5.92. The summed E-state index contributed by atoms with van der Waals surface area (Å²) in [7, 11) is -3.52. The first-order valence-electron chi connectivity index (χ1n) is 6.02. The van der Waals surface area contributed by atoms with Crippen molar-refractivity contribution in [2.75, 3.05) is 0 Å². The number of hydrogen-bond acceptors (Lipinski definition) is 5. The Balaban J connectivity index is 1.80. The van der Waals surface area contributed by atoms with Gasteiger partial charge in [-0.05, 0) is 26.7 Å². The number of carbonyl (C=O) groups excluding carboxylic acids is 1. The van der Waals surface area contributed by atoms with Crippen molar-refractivity contribution in [1.29, 1.82) is 0 Å². The van der Waals surface area contributed by atoms with Crippen LogP contribution in [0.5, 0.6) is 0 Å². The van der Waals surface area contributed by atoms with Gasteiger partial charge in [0, 0.05) is 11.8 Å². The zero-order chi connectivity index (χ0) is 13.3. The highest BCUT2D eigenvalue weighted by atomic mass is 32.2. The van der Waals surface area contributed by atoms with E-state index in [9.17, 15) is 17.6 Å². The Hall–Kier alpha value is -0.690. The number of alkyl halides is 1. The van der Waals surface area contributed by atoms with Crippen LogP contribution in [-0.2, 0) is 23.8 Å². The van der Waals surface area contributed by atoms with E-state index in [0.29, 0.717) is 12.8 Å². The molecule has 7 heteroatoms. The minimum atomic E-state index is -3.52. The molecule has 0 radical (unpaired) electrons. The fraction of sp³-hybridized carbons (Fsp3) is 0.909. The fourth-order valence-electron chi connectivity index (χ4n) is 3.31. The Labute approximate surface area is 105 Å². The molecule has 0 aromatic heterocycles. The number of fused-ring (bicyclic) bond motifs is 1. The number of esters is 1. The summed E-state index contributed by atoms with van der Waals surface area (Å²) in [4.78, 5) is 11.5. The summed E-state index contributed by atoms with van der Waals surface area (Å²) in [6.07, 6.45) is -0.0935. The van der Waals surface area contributed by atoms with Gasteiger partial charge in [0.15, 0.2) is 0 Å². The van der Waals surface area contributed by atoms with Crippen molar-refractivity contribution in [1.82, 2.24) is 0 Å². The normalized spacial score (nSPS) is 44.3. The van der Waals surface area contributed by atoms with E-state index in [-0.39, 0.29) is 11.8 Å². The number of carbonyl (C=O) groups is 1. The third kappa shape index (κ3) is 1.60. The van der Waals surface area contributed by atoms with Gasteiger partial charge in [-0.2, -0.15) is 8.42 Å². The molecule has 0 N–H and O–H groups in total. The molecule has 5 atom stereocenters. The molecule has 0 spiro atoms. The molecule has 2 aliphatic carbocycles. The summed E-state index contributed by atoms with van der Waals surface area (Å²) in [5.41, 5.74) is -2.07. The van der Waals surface area contributed by atoms with Gasteiger partial charge in [0.05, 0.1) is 5.25 Å². The van der Waals surface area contributed by atoms with Crippen LogP contribution < -0.4 is 0 Å². The average Bonchev–Trinajstić information content (AvgIpc) is 2.80. The maximum atomic E-state index is 13.4. The van der Waals surface area contributed by atoms with Gasteiger partial charge in [0.1, 0.15) is 12.2 Å². The fourth-order valence-corrected chi connectivity index (χ4v) is 5.19. The van der Waals surface area contributed by atoms with Crippen LogP contribution in [-0.4, -0.2) is 37.5 Å². The summed E-state index contributed by atoms with van der Waals surface area (Å²) >= 11 is 0. The summed E-state index contributed by atoms with van der Waals surface area (Å²) in [5, 5.41) is -0.458. The van der Waals surface area contributed by atoms with E-state index in [1.165, 1.54) is 0 Å². The van der Waals surface area contributed by atoms with Crippen molar-refractivity contribution >= 4 is 16.1 Å². The zero-order valence-corrected chi connectivity index (χ0v) is 10.9. The smallest absolute Gasteiger partial charge is 0.343 e. The van der Waals surface area contributed by atoms with E-state index >= 15 is 0 Å². The highest BCUT2D eigenvalue weighted by Gasteiger charge is 2.65. The highest BCUT2D eigenvalue weighted by Crippen LogP contribution is 2.55. The summed E-state index contributed by atoms with van der Waals surface area (Å²) in [6.45, 7) is 2.25. The minimum absolute atomic E-state index is 0.0198. The maximum Gasteiger partial charge on any atom is 0.343 e. The third-order valence-electron chi connectivity index (χ3n) is 4.14. The lowest BCUT2D eigenvalue weighted by molar-refractivity contribution is -0.167. The molecule has 0 amide bonds. The van der Waals surface area contributed by atoms with Crippen LogP contribution >= 0.6 is 0 Å². The van der Waals surface area contributed by atoms with Crippen LogP contribution in [0.25, 0.3) is 0 Å². The predicted octanol–water partition coefficient (Wildman–Crippen LogP) is 0.783. The molecule has 5 unspecified atom stereocenters. The van der Waals surface area contributed by atoms with Crippen molar-refractivity contribution in [3.05, 3.63) is 0 Å². The van der Waals surface area contributed by atoms with Crippen LogP contribution in [0.3, 0.4) is 0 Å². The molecule has 1 saturated heterocycles. The van der Waals surface area contributed by atoms with Crippen molar-refractivity contribution in [3.8, 4) is 0 Å². The molecular weight excluding hydrogens is 263 g/mol. The van der Waals surface area contributed by atoms with E-state index in [1.807, 2.05) is 0 Å². The van der Waals surface area contributed by atoms with Crippen LogP contribution in [0.4, 0.5) is 4.39 Å². The second kappa shape index (κ2) is 3.45. The minimum Gasteiger partial charge on any atom is -0.457 e. The standard InChI is InChI=1S/C11H15FO5S/c1-11(2,12)10(13)16-8-5-3-6-7(4-5)18(14,15)17-9(6)8/h5-9H,3-4H2,1-2H3. The van der Waals surface area contributed by atoms with Gasteiger partial charge in [-0.25, -0.2) is 9.18 Å². The summed E-state index contributed by atoms with van der Waals surface area (Å²) in [6, 6.07) is 0. The Bertz CT molecular complexity index is 494. The Morgan fingerprint density at radius 3 is 2.67 bits per heavy atom. The molecule has 0 aromatic carbocycles. The van der Waals surface area contributed by atoms with Gasteiger partial charge >= 0.3 is 5.97 Å². The van der Waals surface area contributed by atoms with Crippen LogP contribution in [0.2, 0.25) is 0 Å². The molecule has 2 bridgehead atoms. The van der Waals surface area contributed by atoms with E-state index in [1.54, 1.807) is 0 Å². The number of hydrogen-bond donors (Lipinski definition) is 0. The zero-order valence-electron chi connectivity index (χ0n) is 10.1. The van der Waals surface area contributed by atoms with E-state index in [4.69, 9.17) is 8.92 Å². The Kier molecular flexibility index (Phi) is 2.36. The average molecular weight is 278 g/mol. The lowest BCUT2D eigenvalue weighted by Gasteiger charge is -2.26. The number of halogens is 1. The first kappa shape index (κ1) is 12.3. The molecule has 0 aromatic rings. The topological polar surface area (TPSA) is 69.7 Å². The molecule has 1 aliphatic heterocycles. The van der Waals surface area contributed by atoms with Gasteiger partial charge in [-0.15, -0.1) is 0 Å². The molecule has 102 valence electrons. The molecule has 18 heavy (non-hydrogen) atoms. The first-order chi connectivity index (χ1) is 8.20. The maximum absolute atomic E-state index is 13.4. The van der Waals surface area contributed by atoms with Crippen LogP contribution in [0.1, 0.15) is 26.7 Å². The van der Waals surface area contributed by atoms with Crippen molar-refractivity contribution in [2.24, 2.45) is 11.8 Å². The van der Waals surface area contributed by atoms with Crippen molar-refractivity contribution in [2.45, 2.75) is 49.8 Å². The monoisotopic (exact) mass is 278 g/mol. The second-order valence-corrected chi connectivity index (χ2v) is 7.61. The molecule has 3 aliphatic rings. The summed E-state index contributed by atoms with van der Waals surface area (Å²) in [5.74, 6) is -1.07. The number of ether oxygens (including phenoxy) is 1. The van der Waals surface area contributed by atoms with Gasteiger partial charge < -0.3 is 4.74 Å². The predicted molar refractivity (Wildman–Crippen MR) is 58.9 cm³/mol. The number of rotatable bonds is 2. The second-order valence-electron chi connectivity index (χ2n) is 5.83. The largest absolute Gasteiger partial charge is 0.457 e. The molecule has 2 saturated carbocycles. The van der Waals surface area contributed by atoms with Gasteiger partial charge in [0.2, 0.25) is 5.67 Å².